The molecule has 0 aliphatic carbocycles. The maximum absolute atomic E-state index is 10.1. The lowest BCUT2D eigenvalue weighted by molar-refractivity contribution is -0.137. The van der Waals surface area contributed by atoms with Gasteiger partial charge in [0.2, 0.25) is 0 Å². The monoisotopic (exact) mass is 141 g/mol. The quantitative estimate of drug-likeness (QED) is 0.546. The average Bonchev–Trinajstić information content (AvgIpc) is 1.85. The molecule has 0 aromatic carbocycles. The van der Waals surface area contributed by atoms with Crippen LogP contribution in [0.25, 0.3) is 0 Å². The van der Waals surface area contributed by atoms with E-state index >= 15 is 0 Å². The van der Waals surface area contributed by atoms with E-state index in [-0.39, 0.29) is 12.3 Å². The van der Waals surface area contributed by atoms with Crippen LogP contribution in [0.5, 0.6) is 0 Å². The van der Waals surface area contributed by atoms with Crippen LogP contribution in [0, 0.1) is 18.3 Å². The molecule has 3 nitrogen and oxygen atoms in total. The number of terminal acetylenes is 1. The van der Waals surface area contributed by atoms with Crippen LogP contribution < -0.4 is 5.73 Å². The Labute approximate surface area is 60.2 Å². The summed E-state index contributed by atoms with van der Waals surface area (Å²) in [5, 5.41) is 8.28. The molecule has 0 aromatic heterocycles. The Bertz CT molecular complexity index is 159. The van der Waals surface area contributed by atoms with E-state index in [0.717, 1.165) is 0 Å². The molecular weight excluding hydrogens is 130 g/mol. The van der Waals surface area contributed by atoms with Gasteiger partial charge in [-0.15, -0.1) is 12.3 Å². The number of nitrogens with two attached hydrogens (primary N) is 1. The van der Waals surface area contributed by atoms with E-state index < -0.39 is 12.0 Å². The second kappa shape index (κ2) is 3.91. The number of rotatable bonds is 3. The molecule has 0 saturated carbocycles. The van der Waals surface area contributed by atoms with Gasteiger partial charge in [-0.3, -0.25) is 4.79 Å². The highest BCUT2D eigenvalue weighted by Gasteiger charge is 2.12. The summed E-state index contributed by atoms with van der Waals surface area (Å²) >= 11 is 0. The second-order valence-electron chi connectivity index (χ2n) is 2.22. The normalized spacial score (nSPS) is 15.3. The minimum atomic E-state index is -0.908. The number of hydrogen-bond acceptors (Lipinski definition) is 2. The molecule has 56 valence electrons. The smallest absolute Gasteiger partial charge is 0.304 e. The van der Waals surface area contributed by atoms with Crippen molar-refractivity contribution in [1.29, 1.82) is 0 Å². The summed E-state index contributed by atoms with van der Waals surface area (Å²) in [6, 6.07) is -0.428. The molecule has 0 aromatic rings. The molecule has 0 rings (SSSR count). The van der Waals surface area contributed by atoms with Gasteiger partial charge in [0.1, 0.15) is 0 Å². The van der Waals surface area contributed by atoms with Crippen molar-refractivity contribution < 1.29 is 9.90 Å². The van der Waals surface area contributed by atoms with Crippen molar-refractivity contribution in [2.75, 3.05) is 0 Å². The van der Waals surface area contributed by atoms with Crippen molar-refractivity contribution in [3.05, 3.63) is 0 Å². The molecule has 0 saturated heterocycles. The van der Waals surface area contributed by atoms with Gasteiger partial charge in [-0.25, -0.2) is 0 Å². The highest BCUT2D eigenvalue weighted by atomic mass is 16.4. The lowest BCUT2D eigenvalue weighted by Crippen LogP contribution is -2.29. The fraction of sp³-hybridized carbons (Fsp3) is 0.571. The Morgan fingerprint density at radius 1 is 1.90 bits per heavy atom. The minimum Gasteiger partial charge on any atom is -0.481 e. The first-order valence-electron chi connectivity index (χ1n) is 3.01. The van der Waals surface area contributed by atoms with Gasteiger partial charge < -0.3 is 10.8 Å². The van der Waals surface area contributed by atoms with Gasteiger partial charge in [-0.2, -0.15) is 0 Å². The van der Waals surface area contributed by atoms with Crippen molar-refractivity contribution in [2.24, 2.45) is 11.7 Å². The van der Waals surface area contributed by atoms with Gasteiger partial charge in [0.05, 0.1) is 6.42 Å². The molecule has 0 spiro atoms. The average molecular weight is 141 g/mol. The Balaban J connectivity index is 3.75. The molecule has 0 radical (unpaired) electrons. The molecule has 0 bridgehead atoms. The predicted molar refractivity (Wildman–Crippen MR) is 38.2 cm³/mol. The molecule has 0 unspecified atom stereocenters. The van der Waals surface area contributed by atoms with Gasteiger partial charge in [0, 0.05) is 12.0 Å². The van der Waals surface area contributed by atoms with E-state index in [2.05, 4.69) is 5.92 Å². The highest BCUT2D eigenvalue weighted by Crippen LogP contribution is 2.01. The fourth-order valence-electron chi connectivity index (χ4n) is 0.502. The van der Waals surface area contributed by atoms with Crippen LogP contribution in [0.1, 0.15) is 13.3 Å². The van der Waals surface area contributed by atoms with E-state index in [1.54, 1.807) is 6.92 Å². The number of aliphatic carboxylic acids is 1. The Kier molecular flexibility index (Phi) is 3.52. The number of carbonyl (C=O) groups is 1. The minimum absolute atomic E-state index is 0.0641. The number of carboxylic acids is 1. The molecule has 10 heavy (non-hydrogen) atoms. The molecular formula is C7H11NO2. The van der Waals surface area contributed by atoms with Crippen molar-refractivity contribution >= 4 is 5.97 Å². The summed E-state index contributed by atoms with van der Waals surface area (Å²) in [6.07, 6.45) is 4.96. The largest absolute Gasteiger partial charge is 0.481 e. The van der Waals surface area contributed by atoms with E-state index in [1.807, 2.05) is 0 Å². The number of carboxylic acid groups (broad SMARTS) is 1. The third kappa shape index (κ3) is 3.10. The van der Waals surface area contributed by atoms with Gasteiger partial charge in [0.25, 0.3) is 0 Å². The fourth-order valence-corrected chi connectivity index (χ4v) is 0.502. The van der Waals surface area contributed by atoms with Gasteiger partial charge in [-0.05, 0) is 6.92 Å². The van der Waals surface area contributed by atoms with E-state index in [4.69, 9.17) is 17.3 Å². The topological polar surface area (TPSA) is 63.3 Å². The summed E-state index contributed by atoms with van der Waals surface area (Å²) in [7, 11) is 0. The molecule has 0 aliphatic heterocycles. The summed E-state index contributed by atoms with van der Waals surface area (Å²) in [5.74, 6) is 1.30. The van der Waals surface area contributed by atoms with Crippen LogP contribution in [0.15, 0.2) is 0 Å². The zero-order valence-electron chi connectivity index (χ0n) is 5.87. The first kappa shape index (κ1) is 8.99. The predicted octanol–water partition coefficient (Wildman–Crippen LogP) is 0.0577. The molecule has 0 aliphatic rings. The second-order valence-corrected chi connectivity index (χ2v) is 2.22. The van der Waals surface area contributed by atoms with Crippen LogP contribution in [0.4, 0.5) is 0 Å². The van der Waals surface area contributed by atoms with Crippen molar-refractivity contribution in [1.82, 2.24) is 0 Å². The van der Waals surface area contributed by atoms with Crippen molar-refractivity contribution in [3.63, 3.8) is 0 Å². The first-order valence-corrected chi connectivity index (χ1v) is 3.01. The highest BCUT2D eigenvalue weighted by molar-refractivity contribution is 5.67. The van der Waals surface area contributed by atoms with Crippen molar-refractivity contribution in [2.45, 2.75) is 19.4 Å². The summed E-state index contributed by atoms with van der Waals surface area (Å²) in [4.78, 5) is 10.1. The lowest BCUT2D eigenvalue weighted by Gasteiger charge is -2.10. The first-order chi connectivity index (χ1) is 4.57. The van der Waals surface area contributed by atoms with E-state index in [9.17, 15) is 4.79 Å². The molecule has 0 amide bonds. The van der Waals surface area contributed by atoms with Crippen LogP contribution in [-0.4, -0.2) is 17.1 Å². The summed E-state index contributed by atoms with van der Waals surface area (Å²) in [6.45, 7) is 1.73. The third-order valence-electron chi connectivity index (χ3n) is 1.32. The summed E-state index contributed by atoms with van der Waals surface area (Å²) < 4.78 is 0. The van der Waals surface area contributed by atoms with Crippen LogP contribution >= 0.6 is 0 Å². The van der Waals surface area contributed by atoms with Crippen LogP contribution in [-0.2, 0) is 4.79 Å². The Morgan fingerprint density at radius 2 is 2.40 bits per heavy atom. The molecule has 3 heteroatoms. The maximum atomic E-state index is 10.1. The molecule has 2 atom stereocenters. The van der Waals surface area contributed by atoms with Crippen LogP contribution in [0.2, 0.25) is 0 Å². The zero-order valence-corrected chi connectivity index (χ0v) is 5.87. The maximum Gasteiger partial charge on any atom is 0.304 e. The van der Waals surface area contributed by atoms with Crippen molar-refractivity contribution in [3.8, 4) is 12.3 Å². The van der Waals surface area contributed by atoms with E-state index in [1.165, 1.54) is 0 Å². The molecule has 0 heterocycles. The summed E-state index contributed by atoms with van der Waals surface area (Å²) in [5.41, 5.74) is 5.41. The Hall–Kier alpha value is -1.01. The molecule has 0 fully saturated rings. The van der Waals surface area contributed by atoms with Crippen LogP contribution in [0.3, 0.4) is 0 Å². The van der Waals surface area contributed by atoms with Gasteiger partial charge >= 0.3 is 5.97 Å². The standard InChI is InChI=1S/C7H11NO2/c1-3-5(2)6(8)4-7(9)10/h1,5-6H,4,8H2,2H3,(H,9,10)/t5-,6-/m0/s1. The molecule has 3 N–H and O–H groups in total. The number of hydrogen-bond donors (Lipinski definition) is 2. The van der Waals surface area contributed by atoms with Gasteiger partial charge in [-0.1, -0.05) is 0 Å². The Morgan fingerprint density at radius 3 is 2.70 bits per heavy atom. The van der Waals surface area contributed by atoms with Gasteiger partial charge in [0.15, 0.2) is 0 Å². The zero-order chi connectivity index (χ0) is 8.15. The SMILES string of the molecule is C#C[C@H](C)[C@@H](N)CC(=O)O. The van der Waals surface area contributed by atoms with E-state index in [0.29, 0.717) is 0 Å². The third-order valence-corrected chi connectivity index (χ3v) is 1.32. The lowest BCUT2D eigenvalue weighted by atomic mass is 10.0.